The molecule has 3 heterocycles. The molecular formula is C20H26N6O3. The minimum absolute atomic E-state index is 0.0114. The molecule has 154 valence electrons. The van der Waals surface area contributed by atoms with E-state index in [1.54, 1.807) is 21.6 Å². The van der Waals surface area contributed by atoms with Gasteiger partial charge in [0.2, 0.25) is 5.88 Å². The van der Waals surface area contributed by atoms with Gasteiger partial charge in [-0.05, 0) is 33.8 Å². The highest BCUT2D eigenvalue weighted by atomic mass is 16.6. The lowest BCUT2D eigenvalue weighted by atomic mass is 9.77. The van der Waals surface area contributed by atoms with Crippen LogP contribution in [0.1, 0.15) is 40.5 Å². The van der Waals surface area contributed by atoms with Crippen LogP contribution in [0.3, 0.4) is 0 Å². The maximum absolute atomic E-state index is 12.0. The second-order valence-corrected chi connectivity index (χ2v) is 8.80. The second kappa shape index (κ2) is 6.75. The quantitative estimate of drug-likeness (QED) is 0.726. The predicted molar refractivity (Wildman–Crippen MR) is 107 cm³/mol. The highest BCUT2D eigenvalue weighted by Gasteiger charge is 2.44. The highest BCUT2D eigenvalue weighted by molar-refractivity contribution is 5.68. The molecule has 3 aromatic rings. The Morgan fingerprint density at radius 2 is 2.03 bits per heavy atom. The van der Waals surface area contributed by atoms with E-state index in [4.69, 9.17) is 14.5 Å². The molecule has 0 bridgehead atoms. The Morgan fingerprint density at radius 1 is 1.28 bits per heavy atom. The van der Waals surface area contributed by atoms with Crippen LogP contribution in [-0.4, -0.2) is 47.7 Å². The van der Waals surface area contributed by atoms with Gasteiger partial charge in [-0.25, -0.2) is 14.3 Å². The van der Waals surface area contributed by atoms with Crippen molar-refractivity contribution < 1.29 is 14.3 Å². The lowest BCUT2D eigenvalue weighted by Crippen LogP contribution is -2.57. The van der Waals surface area contributed by atoms with E-state index < -0.39 is 17.3 Å². The van der Waals surface area contributed by atoms with Gasteiger partial charge in [-0.3, -0.25) is 4.68 Å². The molecule has 1 aliphatic rings. The summed E-state index contributed by atoms with van der Waals surface area (Å²) < 4.78 is 15.1. The van der Waals surface area contributed by atoms with E-state index in [0.717, 1.165) is 16.8 Å². The molecule has 0 spiro atoms. The summed E-state index contributed by atoms with van der Waals surface area (Å²) in [6.45, 7) is 7.56. The van der Waals surface area contributed by atoms with E-state index in [-0.39, 0.29) is 6.04 Å². The number of ether oxygens (including phenoxy) is 2. The lowest BCUT2D eigenvalue weighted by Gasteiger charge is -2.44. The average molecular weight is 398 g/mol. The van der Waals surface area contributed by atoms with E-state index in [0.29, 0.717) is 18.7 Å². The number of alkyl carbamates (subject to hydrolysis) is 1. The number of hydrogen-bond donors (Lipinski definition) is 1. The summed E-state index contributed by atoms with van der Waals surface area (Å²) in [5, 5.41) is 11.4. The van der Waals surface area contributed by atoms with Gasteiger partial charge >= 0.3 is 6.09 Å². The van der Waals surface area contributed by atoms with Crippen LogP contribution in [0, 0.1) is 0 Å². The first-order valence-electron chi connectivity index (χ1n) is 9.62. The Morgan fingerprint density at radius 3 is 2.69 bits per heavy atom. The topological polar surface area (TPSA) is 95.6 Å². The fourth-order valence-corrected chi connectivity index (χ4v) is 3.54. The van der Waals surface area contributed by atoms with Crippen LogP contribution in [0.4, 0.5) is 4.79 Å². The van der Waals surface area contributed by atoms with Crippen molar-refractivity contribution in [1.82, 2.24) is 29.7 Å². The van der Waals surface area contributed by atoms with Crippen molar-refractivity contribution in [3.8, 4) is 17.1 Å². The Hall–Kier alpha value is -3.10. The van der Waals surface area contributed by atoms with Crippen LogP contribution >= 0.6 is 0 Å². The Kier molecular flexibility index (Phi) is 4.48. The molecule has 4 rings (SSSR count). The number of nitrogens with one attached hydrogen (secondary N) is 1. The van der Waals surface area contributed by atoms with Crippen molar-refractivity contribution in [3.63, 3.8) is 0 Å². The molecule has 29 heavy (non-hydrogen) atoms. The molecule has 1 amide bonds. The first kappa shape index (κ1) is 19.2. The van der Waals surface area contributed by atoms with Gasteiger partial charge in [0.25, 0.3) is 0 Å². The first-order chi connectivity index (χ1) is 13.6. The molecule has 0 radical (unpaired) electrons. The molecule has 1 aliphatic carbocycles. The molecule has 3 aromatic heterocycles. The molecule has 0 atom stereocenters. The molecule has 9 nitrogen and oxygen atoms in total. The molecule has 0 aliphatic heterocycles. The third-order valence-corrected chi connectivity index (χ3v) is 4.78. The maximum Gasteiger partial charge on any atom is 0.407 e. The van der Waals surface area contributed by atoms with Crippen LogP contribution in [0.5, 0.6) is 5.88 Å². The van der Waals surface area contributed by atoms with Crippen LogP contribution in [0.25, 0.3) is 16.8 Å². The predicted octanol–water partition coefficient (Wildman–Crippen LogP) is 2.95. The zero-order chi connectivity index (χ0) is 20.8. The SMILES string of the molecule is Cn1cc(-c2cn3nccc3c(OC3(C)CC(NC(=O)OC(C)(C)C)C3)n2)cn1. The van der Waals surface area contributed by atoms with Gasteiger partial charge in [0.1, 0.15) is 16.7 Å². The zero-order valence-electron chi connectivity index (χ0n) is 17.3. The number of aryl methyl sites for hydroxylation is 1. The molecule has 1 saturated carbocycles. The highest BCUT2D eigenvalue weighted by Crippen LogP contribution is 2.38. The minimum atomic E-state index is -0.516. The van der Waals surface area contributed by atoms with Crippen molar-refractivity contribution in [2.75, 3.05) is 0 Å². The summed E-state index contributed by atoms with van der Waals surface area (Å²) in [5.41, 5.74) is 1.47. The molecule has 1 fully saturated rings. The van der Waals surface area contributed by atoms with E-state index in [2.05, 4.69) is 15.5 Å². The van der Waals surface area contributed by atoms with Crippen molar-refractivity contribution >= 4 is 11.6 Å². The average Bonchev–Trinajstić information content (AvgIpc) is 3.20. The van der Waals surface area contributed by atoms with Gasteiger partial charge in [-0.1, -0.05) is 0 Å². The van der Waals surface area contributed by atoms with Gasteiger partial charge in [0.15, 0.2) is 0 Å². The summed E-state index contributed by atoms with van der Waals surface area (Å²) in [5.74, 6) is 0.516. The first-order valence-corrected chi connectivity index (χ1v) is 9.62. The maximum atomic E-state index is 12.0. The van der Waals surface area contributed by atoms with Crippen LogP contribution in [0.2, 0.25) is 0 Å². The van der Waals surface area contributed by atoms with Gasteiger partial charge < -0.3 is 14.8 Å². The van der Waals surface area contributed by atoms with Crippen LogP contribution < -0.4 is 10.1 Å². The Bertz CT molecular complexity index is 1040. The third kappa shape index (κ3) is 4.18. The largest absolute Gasteiger partial charge is 0.470 e. The van der Waals surface area contributed by atoms with Crippen molar-refractivity contribution in [2.45, 2.75) is 57.8 Å². The molecule has 1 N–H and O–H groups in total. The number of rotatable bonds is 4. The molecular weight excluding hydrogens is 372 g/mol. The Labute approximate surface area is 169 Å². The monoisotopic (exact) mass is 398 g/mol. The molecule has 0 unspecified atom stereocenters. The summed E-state index contributed by atoms with van der Waals surface area (Å²) in [4.78, 5) is 16.7. The van der Waals surface area contributed by atoms with E-state index in [1.165, 1.54) is 0 Å². The number of carbonyl (C=O) groups is 1. The number of aromatic nitrogens is 5. The number of hydrogen-bond acceptors (Lipinski definition) is 6. The van der Waals surface area contributed by atoms with Gasteiger partial charge in [0, 0.05) is 37.7 Å². The summed E-state index contributed by atoms with van der Waals surface area (Å²) in [6, 6.07) is 1.88. The number of amides is 1. The van der Waals surface area contributed by atoms with E-state index in [1.807, 2.05) is 53.2 Å². The van der Waals surface area contributed by atoms with Crippen molar-refractivity contribution in [3.05, 3.63) is 30.9 Å². The van der Waals surface area contributed by atoms with Crippen LogP contribution in [-0.2, 0) is 11.8 Å². The van der Waals surface area contributed by atoms with Gasteiger partial charge in [-0.2, -0.15) is 10.2 Å². The second-order valence-electron chi connectivity index (χ2n) is 8.80. The fraction of sp³-hybridized carbons (Fsp3) is 0.500. The molecule has 0 saturated heterocycles. The fourth-order valence-electron chi connectivity index (χ4n) is 3.54. The van der Waals surface area contributed by atoms with Crippen molar-refractivity contribution in [1.29, 1.82) is 0 Å². The summed E-state index contributed by atoms with van der Waals surface area (Å²) >= 11 is 0. The number of nitrogens with zero attached hydrogens (tertiary/aromatic N) is 5. The number of fused-ring (bicyclic) bond motifs is 1. The Balaban J connectivity index is 1.48. The standard InChI is InChI=1S/C20H26N6O3/c1-19(2,3)29-18(27)23-14-8-20(4,9-14)28-17-16-6-7-21-26(16)12-15(24-17)13-10-22-25(5)11-13/h6-7,10-12,14H,8-9H2,1-5H3,(H,23,27). The molecule has 9 heteroatoms. The van der Waals surface area contributed by atoms with E-state index >= 15 is 0 Å². The van der Waals surface area contributed by atoms with Crippen LogP contribution in [0.15, 0.2) is 30.9 Å². The van der Waals surface area contributed by atoms with Gasteiger partial charge in [0.05, 0.1) is 24.3 Å². The lowest BCUT2D eigenvalue weighted by molar-refractivity contribution is -0.0217. The van der Waals surface area contributed by atoms with Gasteiger partial charge in [-0.15, -0.1) is 0 Å². The van der Waals surface area contributed by atoms with E-state index in [9.17, 15) is 4.79 Å². The molecule has 0 aromatic carbocycles. The normalized spacial score (nSPS) is 21.6. The summed E-state index contributed by atoms with van der Waals surface area (Å²) in [6.07, 6.45) is 8.17. The minimum Gasteiger partial charge on any atom is -0.470 e. The smallest absolute Gasteiger partial charge is 0.407 e. The summed E-state index contributed by atoms with van der Waals surface area (Å²) in [7, 11) is 1.86. The third-order valence-electron chi connectivity index (χ3n) is 4.78. The number of carbonyl (C=O) groups excluding carboxylic acids is 1. The van der Waals surface area contributed by atoms with Crippen molar-refractivity contribution in [2.24, 2.45) is 7.05 Å². The zero-order valence-corrected chi connectivity index (χ0v) is 17.3.